The van der Waals surface area contributed by atoms with Crippen LogP contribution in [-0.4, -0.2) is 23.6 Å². The Morgan fingerprint density at radius 2 is 1.86 bits per heavy atom. The van der Waals surface area contributed by atoms with Crippen LogP contribution in [0.5, 0.6) is 5.75 Å². The second-order valence-corrected chi connectivity index (χ2v) is 5.57. The minimum Gasteiger partial charge on any atom is -0.508 e. The fourth-order valence-corrected chi connectivity index (χ4v) is 2.30. The van der Waals surface area contributed by atoms with E-state index in [0.717, 1.165) is 4.90 Å². The Kier molecular flexibility index (Phi) is 3.84. The van der Waals surface area contributed by atoms with Crippen molar-refractivity contribution < 1.29 is 9.84 Å². The number of aromatic hydroxyl groups is 1. The van der Waals surface area contributed by atoms with E-state index < -0.39 is 0 Å². The van der Waals surface area contributed by atoms with Crippen LogP contribution in [0.4, 0.5) is 0 Å². The van der Waals surface area contributed by atoms with Crippen molar-refractivity contribution in [1.82, 2.24) is 0 Å². The molecule has 1 aromatic carbocycles. The van der Waals surface area contributed by atoms with Gasteiger partial charge in [-0.1, -0.05) is 0 Å². The second kappa shape index (κ2) is 4.71. The van der Waals surface area contributed by atoms with Gasteiger partial charge in [-0.05, 0) is 38.1 Å². The van der Waals surface area contributed by atoms with Gasteiger partial charge in [-0.25, -0.2) is 0 Å². The van der Waals surface area contributed by atoms with E-state index in [2.05, 4.69) is 13.8 Å². The summed E-state index contributed by atoms with van der Waals surface area (Å²) in [6, 6.07) is 7.23. The van der Waals surface area contributed by atoms with Gasteiger partial charge in [-0.15, -0.1) is 11.8 Å². The zero-order chi connectivity index (χ0) is 10.6. The summed E-state index contributed by atoms with van der Waals surface area (Å²) in [5.41, 5.74) is 0. The summed E-state index contributed by atoms with van der Waals surface area (Å²) < 4.78 is 5.19. The molecule has 0 aliphatic rings. The molecule has 1 N–H and O–H groups in total. The molecule has 1 aromatic rings. The van der Waals surface area contributed by atoms with E-state index >= 15 is 0 Å². The first-order chi connectivity index (χ1) is 6.53. The fourth-order valence-electron chi connectivity index (χ4n) is 1.21. The highest BCUT2D eigenvalue weighted by atomic mass is 32.2. The molecule has 0 fully saturated rings. The molecule has 0 aliphatic carbocycles. The quantitative estimate of drug-likeness (QED) is 0.778. The highest BCUT2D eigenvalue weighted by molar-refractivity contribution is 8.00. The number of thioether (sulfide) groups is 1. The molecule has 0 amide bonds. The summed E-state index contributed by atoms with van der Waals surface area (Å²) >= 11 is 1.74. The van der Waals surface area contributed by atoms with Gasteiger partial charge in [-0.3, -0.25) is 0 Å². The van der Waals surface area contributed by atoms with Crippen LogP contribution in [0.25, 0.3) is 0 Å². The normalized spacial score (nSPS) is 11.6. The highest BCUT2D eigenvalue weighted by Gasteiger charge is 2.18. The van der Waals surface area contributed by atoms with Crippen molar-refractivity contribution in [3.8, 4) is 5.75 Å². The molecule has 3 heteroatoms. The van der Waals surface area contributed by atoms with Gasteiger partial charge in [0.25, 0.3) is 0 Å². The van der Waals surface area contributed by atoms with Crippen molar-refractivity contribution in [2.24, 2.45) is 0 Å². The van der Waals surface area contributed by atoms with Gasteiger partial charge in [0.15, 0.2) is 0 Å². The third kappa shape index (κ3) is 3.60. The maximum Gasteiger partial charge on any atom is 0.115 e. The predicted molar refractivity (Wildman–Crippen MR) is 59.9 cm³/mol. The zero-order valence-electron chi connectivity index (χ0n) is 8.78. The van der Waals surface area contributed by atoms with E-state index in [4.69, 9.17) is 9.84 Å². The topological polar surface area (TPSA) is 29.5 Å². The summed E-state index contributed by atoms with van der Waals surface area (Å²) in [6.07, 6.45) is 0. The number of methoxy groups -OCH3 is 1. The van der Waals surface area contributed by atoms with Crippen LogP contribution in [0.2, 0.25) is 0 Å². The molecule has 0 aliphatic heterocycles. The third-order valence-electron chi connectivity index (χ3n) is 1.72. The molecule has 1 rings (SSSR count). The lowest BCUT2D eigenvalue weighted by molar-refractivity contribution is 0.179. The average molecular weight is 212 g/mol. The lowest BCUT2D eigenvalue weighted by Gasteiger charge is -2.22. The predicted octanol–water partition coefficient (Wildman–Crippen LogP) is 2.91. The first-order valence-corrected chi connectivity index (χ1v) is 5.32. The summed E-state index contributed by atoms with van der Waals surface area (Å²) in [6.45, 7) is 4.97. The molecule has 0 aromatic heterocycles. The van der Waals surface area contributed by atoms with Crippen molar-refractivity contribution in [2.75, 3.05) is 13.7 Å². The Morgan fingerprint density at radius 1 is 1.29 bits per heavy atom. The third-order valence-corrected chi connectivity index (χ3v) is 2.90. The number of hydrogen-bond donors (Lipinski definition) is 1. The number of rotatable bonds is 4. The Balaban J connectivity index is 2.64. The van der Waals surface area contributed by atoms with Gasteiger partial charge in [0.05, 0.1) is 6.61 Å². The van der Waals surface area contributed by atoms with Gasteiger partial charge in [-0.2, -0.15) is 0 Å². The number of phenols is 1. The Bertz CT molecular complexity index is 280. The van der Waals surface area contributed by atoms with Gasteiger partial charge in [0.2, 0.25) is 0 Å². The smallest absolute Gasteiger partial charge is 0.115 e. The number of phenolic OH excluding ortho intramolecular Hbond substituents is 1. The first-order valence-electron chi connectivity index (χ1n) is 4.50. The molecular formula is C11H16O2S. The monoisotopic (exact) mass is 212 g/mol. The molecule has 0 atom stereocenters. The Labute approximate surface area is 89.3 Å². The zero-order valence-corrected chi connectivity index (χ0v) is 9.60. The summed E-state index contributed by atoms with van der Waals surface area (Å²) in [7, 11) is 1.71. The molecule has 0 heterocycles. The summed E-state index contributed by atoms with van der Waals surface area (Å²) in [4.78, 5) is 1.14. The average Bonchev–Trinajstić information content (AvgIpc) is 2.08. The minimum absolute atomic E-state index is 0.0612. The van der Waals surface area contributed by atoms with E-state index in [1.807, 2.05) is 12.1 Å². The van der Waals surface area contributed by atoms with Crippen LogP contribution in [0.1, 0.15) is 13.8 Å². The van der Waals surface area contributed by atoms with Gasteiger partial charge in [0.1, 0.15) is 5.75 Å². The van der Waals surface area contributed by atoms with Crippen LogP contribution >= 0.6 is 11.8 Å². The van der Waals surface area contributed by atoms with E-state index in [-0.39, 0.29) is 4.75 Å². The van der Waals surface area contributed by atoms with E-state index in [1.54, 1.807) is 31.0 Å². The molecule has 2 nitrogen and oxygen atoms in total. The lowest BCUT2D eigenvalue weighted by atomic mass is 10.2. The van der Waals surface area contributed by atoms with Crippen LogP contribution in [0.15, 0.2) is 29.2 Å². The molecule has 0 radical (unpaired) electrons. The molecule has 14 heavy (non-hydrogen) atoms. The van der Waals surface area contributed by atoms with Crippen LogP contribution in [0.3, 0.4) is 0 Å². The van der Waals surface area contributed by atoms with Crippen molar-refractivity contribution in [2.45, 2.75) is 23.5 Å². The van der Waals surface area contributed by atoms with Crippen LogP contribution in [-0.2, 0) is 4.74 Å². The summed E-state index contributed by atoms with van der Waals surface area (Å²) in [5.74, 6) is 0.305. The number of hydrogen-bond acceptors (Lipinski definition) is 3. The standard InChI is InChI=1S/C11H16O2S/c1-11(2,8-13-3)14-10-6-4-9(12)5-7-10/h4-7,12H,8H2,1-3H3. The van der Waals surface area contributed by atoms with E-state index in [1.165, 1.54) is 0 Å². The minimum atomic E-state index is 0.0612. The largest absolute Gasteiger partial charge is 0.508 e. The first kappa shape index (κ1) is 11.4. The molecule has 0 saturated heterocycles. The molecule has 78 valence electrons. The van der Waals surface area contributed by atoms with E-state index in [0.29, 0.717) is 12.4 Å². The SMILES string of the molecule is COCC(C)(C)Sc1ccc(O)cc1. The molecule has 0 unspecified atom stereocenters. The second-order valence-electron chi connectivity index (χ2n) is 3.79. The van der Waals surface area contributed by atoms with Crippen LogP contribution in [0, 0.1) is 0 Å². The van der Waals surface area contributed by atoms with Crippen molar-refractivity contribution in [3.05, 3.63) is 24.3 Å². The molecule has 0 saturated carbocycles. The maximum atomic E-state index is 9.12. The lowest BCUT2D eigenvalue weighted by Crippen LogP contribution is -2.21. The number of benzene rings is 1. The van der Waals surface area contributed by atoms with Gasteiger partial charge >= 0.3 is 0 Å². The van der Waals surface area contributed by atoms with Crippen LogP contribution < -0.4 is 0 Å². The highest BCUT2D eigenvalue weighted by Crippen LogP contribution is 2.33. The molecule has 0 spiro atoms. The molecule has 0 bridgehead atoms. The maximum absolute atomic E-state index is 9.12. The van der Waals surface area contributed by atoms with E-state index in [9.17, 15) is 0 Å². The summed E-state index contributed by atoms with van der Waals surface area (Å²) in [5, 5.41) is 9.12. The Morgan fingerprint density at radius 3 is 2.36 bits per heavy atom. The van der Waals surface area contributed by atoms with Crippen molar-refractivity contribution >= 4 is 11.8 Å². The van der Waals surface area contributed by atoms with Crippen molar-refractivity contribution in [1.29, 1.82) is 0 Å². The van der Waals surface area contributed by atoms with Gasteiger partial charge in [0, 0.05) is 16.8 Å². The Hall–Kier alpha value is -0.670. The van der Waals surface area contributed by atoms with Crippen molar-refractivity contribution in [3.63, 3.8) is 0 Å². The number of ether oxygens (including phenoxy) is 1. The fraction of sp³-hybridized carbons (Fsp3) is 0.455. The molecular weight excluding hydrogens is 196 g/mol. The van der Waals surface area contributed by atoms with Gasteiger partial charge < -0.3 is 9.84 Å².